The molecule has 3 heterocycles. The molecule has 0 bridgehead atoms. The number of carbonyl (C=O) groups excluding carboxylic acids is 1. The van der Waals surface area contributed by atoms with Crippen molar-refractivity contribution in [3.8, 4) is 16.8 Å². The van der Waals surface area contributed by atoms with Crippen molar-refractivity contribution < 1.29 is 44.7 Å². The van der Waals surface area contributed by atoms with Gasteiger partial charge in [0.15, 0.2) is 5.82 Å². The average Bonchev–Trinajstić information content (AvgIpc) is 3.75. The summed E-state index contributed by atoms with van der Waals surface area (Å²) < 4.78 is 119. The lowest BCUT2D eigenvalue weighted by molar-refractivity contribution is -0.123. The predicted molar refractivity (Wildman–Crippen MR) is 219 cm³/mol. The van der Waals surface area contributed by atoms with E-state index in [0.717, 1.165) is 23.0 Å². The number of aryl methyl sites for hydroxylation is 1. The van der Waals surface area contributed by atoms with Gasteiger partial charge in [0.05, 0.1) is 51.4 Å². The van der Waals surface area contributed by atoms with Crippen LogP contribution in [0.2, 0.25) is 5.02 Å². The third-order valence-electron chi connectivity index (χ3n) is 11.3. The molecule has 1 fully saturated rings. The van der Waals surface area contributed by atoms with Crippen molar-refractivity contribution in [2.75, 3.05) is 11.0 Å². The first-order valence-electron chi connectivity index (χ1n) is 19.2. The summed E-state index contributed by atoms with van der Waals surface area (Å²) in [5.41, 5.74) is -0.925. The van der Waals surface area contributed by atoms with E-state index < -0.39 is 87.7 Å². The molecule has 0 unspecified atom stereocenters. The maximum Gasteiger partial charge on any atom is 0.293 e. The first-order valence-corrected chi connectivity index (χ1v) is 21.5. The Labute approximate surface area is 358 Å². The molecular weight excluding hydrogens is 878 g/mol. The molecular formula is C42H33ClF6N8O5S. The van der Waals surface area contributed by atoms with Crippen LogP contribution in [0, 0.1) is 17.6 Å². The van der Waals surface area contributed by atoms with Crippen molar-refractivity contribution in [1.82, 2.24) is 34.4 Å². The molecule has 3 aromatic heterocycles. The molecule has 326 valence electrons. The molecule has 1 amide bonds. The number of nitrogens with zero attached hydrogens (tertiary/aromatic N) is 6. The van der Waals surface area contributed by atoms with Gasteiger partial charge in [-0.15, -0.1) is 0 Å². The average molecular weight is 911 g/mol. The van der Waals surface area contributed by atoms with Crippen LogP contribution >= 0.6 is 11.6 Å². The lowest BCUT2D eigenvalue weighted by Crippen LogP contribution is -2.38. The van der Waals surface area contributed by atoms with E-state index in [9.17, 15) is 35.9 Å². The van der Waals surface area contributed by atoms with Crippen LogP contribution in [0.1, 0.15) is 58.7 Å². The Morgan fingerprint density at radius 3 is 2.46 bits per heavy atom. The second kappa shape index (κ2) is 15.2. The molecule has 1 saturated carbocycles. The van der Waals surface area contributed by atoms with E-state index in [4.69, 9.17) is 16.6 Å². The normalized spacial score (nSPS) is 17.0. The number of carbonyl (C=O) groups is 1. The van der Waals surface area contributed by atoms with Crippen molar-refractivity contribution in [2.24, 2.45) is 13.0 Å². The van der Waals surface area contributed by atoms with Crippen molar-refractivity contribution in [2.45, 2.75) is 50.3 Å². The maximum atomic E-state index is 15.5. The van der Waals surface area contributed by atoms with Gasteiger partial charge in [0.25, 0.3) is 17.9 Å². The summed E-state index contributed by atoms with van der Waals surface area (Å²) in [6.07, 6.45) is -2.81. The highest BCUT2D eigenvalue weighted by atomic mass is 35.5. The molecule has 7 aromatic rings. The monoisotopic (exact) mass is 910 g/mol. The lowest BCUT2D eigenvalue weighted by atomic mass is 9.98. The zero-order chi connectivity index (χ0) is 44.9. The standard InChI is InChI=1S/C42H33ClF6N8O5S/c1-55-36-31(10-9-28(43)34(36)39(53-55)54-63(2,61)62)57-40(51-29-14-20(7-8-25(29)41(57)60)24-6-4-3-5-21(24)18-58)30(13-19-11-22(44)15-23(45)12-19)50-32(59)17-56-37-33(35(52-56)38(46)47)26-16-27(26)42(37,48)49/h3-12,14-15,26-27,30,38,58H,13,16-18H2,1-2H3,(H,50,59)(H,53,54)/t26-,27+,30-/m0/s1. The molecule has 2 aliphatic carbocycles. The number of hydrogen-bond acceptors (Lipinski definition) is 8. The van der Waals surface area contributed by atoms with Gasteiger partial charge < -0.3 is 10.4 Å². The zero-order valence-corrected chi connectivity index (χ0v) is 34.5. The fraction of sp³-hybridized carbons (Fsp3) is 0.262. The number of aliphatic hydroxyl groups is 1. The zero-order valence-electron chi connectivity index (χ0n) is 32.9. The number of benzene rings is 4. The molecule has 2 aliphatic rings. The van der Waals surface area contributed by atoms with E-state index in [-0.39, 0.29) is 68.3 Å². The van der Waals surface area contributed by atoms with Crippen LogP contribution in [0.15, 0.2) is 77.6 Å². The summed E-state index contributed by atoms with van der Waals surface area (Å²) in [4.78, 5) is 34.1. The molecule has 63 heavy (non-hydrogen) atoms. The minimum absolute atomic E-state index is 0.00469. The van der Waals surface area contributed by atoms with Crippen molar-refractivity contribution in [1.29, 1.82) is 0 Å². The number of fused-ring (bicyclic) bond motifs is 5. The number of halogens is 7. The number of sulfonamides is 1. The number of rotatable bonds is 12. The SMILES string of the molecule is Cn1nc(NS(C)(=O)=O)c2c(Cl)ccc(-n3c([C@H](Cc4cc(F)cc(F)c4)NC(=O)Cn4nc(C(F)F)c5c4C(F)(F)[C@@H]4C[C@H]54)nc4cc(-c5ccccc5CO)ccc4c3=O)c21. The molecule has 4 aromatic carbocycles. The Morgan fingerprint density at radius 2 is 1.76 bits per heavy atom. The van der Waals surface area contributed by atoms with Crippen LogP contribution in [-0.4, -0.2) is 54.8 Å². The summed E-state index contributed by atoms with van der Waals surface area (Å²) in [5, 5.41) is 20.9. The molecule has 0 spiro atoms. The van der Waals surface area contributed by atoms with Gasteiger partial charge in [-0.05, 0) is 71.0 Å². The Kier molecular flexibility index (Phi) is 10.2. The number of nitrogens with one attached hydrogen (secondary N) is 2. The minimum atomic E-state index is -3.92. The van der Waals surface area contributed by atoms with Gasteiger partial charge in [-0.3, -0.25) is 28.2 Å². The Balaban J connectivity index is 1.27. The van der Waals surface area contributed by atoms with Gasteiger partial charge in [-0.1, -0.05) is 41.9 Å². The van der Waals surface area contributed by atoms with Crippen molar-refractivity contribution in [3.63, 3.8) is 0 Å². The second-order valence-electron chi connectivity index (χ2n) is 15.6. The topological polar surface area (TPSA) is 166 Å². The van der Waals surface area contributed by atoms with Crippen LogP contribution in [0.3, 0.4) is 0 Å². The van der Waals surface area contributed by atoms with Crippen LogP contribution in [0.4, 0.5) is 32.2 Å². The molecule has 13 nitrogen and oxygen atoms in total. The fourth-order valence-electron chi connectivity index (χ4n) is 8.69. The molecule has 0 saturated heterocycles. The van der Waals surface area contributed by atoms with E-state index in [1.807, 2.05) is 0 Å². The minimum Gasteiger partial charge on any atom is -0.392 e. The summed E-state index contributed by atoms with van der Waals surface area (Å²) in [7, 11) is -2.47. The fourth-order valence-corrected chi connectivity index (χ4v) is 9.42. The third kappa shape index (κ3) is 7.38. The molecule has 3 atom stereocenters. The number of anilines is 1. The van der Waals surface area contributed by atoms with E-state index in [0.29, 0.717) is 27.4 Å². The maximum absolute atomic E-state index is 15.5. The first-order chi connectivity index (χ1) is 29.8. The summed E-state index contributed by atoms with van der Waals surface area (Å²) in [6, 6.07) is 15.4. The Hall–Kier alpha value is -6.25. The highest BCUT2D eigenvalue weighted by Crippen LogP contribution is 2.68. The molecule has 0 radical (unpaired) electrons. The highest BCUT2D eigenvalue weighted by Gasteiger charge is 2.67. The van der Waals surface area contributed by atoms with E-state index >= 15 is 13.6 Å². The van der Waals surface area contributed by atoms with E-state index in [1.54, 1.807) is 36.4 Å². The van der Waals surface area contributed by atoms with Gasteiger partial charge in [-0.2, -0.15) is 19.0 Å². The number of alkyl halides is 4. The van der Waals surface area contributed by atoms with E-state index in [1.165, 1.54) is 29.9 Å². The number of aromatic nitrogens is 6. The third-order valence-corrected chi connectivity index (χ3v) is 12.2. The van der Waals surface area contributed by atoms with Gasteiger partial charge in [0.2, 0.25) is 15.9 Å². The van der Waals surface area contributed by atoms with Gasteiger partial charge in [0, 0.05) is 31.0 Å². The van der Waals surface area contributed by atoms with Gasteiger partial charge in [0.1, 0.15) is 35.4 Å². The highest BCUT2D eigenvalue weighted by molar-refractivity contribution is 7.92. The molecule has 3 N–H and O–H groups in total. The van der Waals surface area contributed by atoms with Crippen molar-refractivity contribution in [3.05, 3.63) is 134 Å². The molecule has 9 rings (SSSR count). The summed E-state index contributed by atoms with van der Waals surface area (Å²) in [6.45, 7) is -1.32. The number of amides is 1. The Morgan fingerprint density at radius 1 is 1.03 bits per heavy atom. The van der Waals surface area contributed by atoms with Crippen LogP contribution < -0.4 is 15.6 Å². The van der Waals surface area contributed by atoms with Crippen LogP contribution in [0.5, 0.6) is 0 Å². The van der Waals surface area contributed by atoms with Crippen LogP contribution in [-0.2, 0) is 47.4 Å². The molecule has 0 aliphatic heterocycles. The quantitative estimate of drug-likeness (QED) is 0.109. The summed E-state index contributed by atoms with van der Waals surface area (Å²) in [5.74, 6) is -9.11. The Bertz CT molecular complexity index is 3210. The van der Waals surface area contributed by atoms with Crippen molar-refractivity contribution >= 4 is 55.2 Å². The molecule has 21 heteroatoms. The predicted octanol–water partition coefficient (Wildman–Crippen LogP) is 7.18. The lowest BCUT2D eigenvalue weighted by Gasteiger charge is -2.24. The number of aliphatic hydroxyl groups excluding tert-OH is 1. The second-order valence-corrected chi connectivity index (χ2v) is 17.7. The van der Waals surface area contributed by atoms with Gasteiger partial charge in [-0.25, -0.2) is 31.0 Å². The first kappa shape index (κ1) is 42.1. The summed E-state index contributed by atoms with van der Waals surface area (Å²) >= 11 is 6.63. The van der Waals surface area contributed by atoms with E-state index in [2.05, 4.69) is 20.2 Å². The van der Waals surface area contributed by atoms with Crippen LogP contribution in [0.25, 0.3) is 38.6 Å². The number of hydrogen-bond donors (Lipinski definition) is 3. The smallest absolute Gasteiger partial charge is 0.293 e. The largest absolute Gasteiger partial charge is 0.392 e. The van der Waals surface area contributed by atoms with Gasteiger partial charge >= 0.3 is 0 Å².